The molecule has 1 aromatic rings. The molecule has 4 nitrogen and oxygen atoms in total. The molecule has 0 atom stereocenters. The first-order chi connectivity index (χ1) is 8.25. The number of nitrogens with zero attached hydrogens (tertiary/aromatic N) is 2. The van der Waals surface area contributed by atoms with Crippen LogP contribution in [0, 0.1) is 6.92 Å². The molecule has 0 radical (unpaired) electrons. The van der Waals surface area contributed by atoms with Crippen LogP contribution in [0.3, 0.4) is 0 Å². The second-order valence-electron chi connectivity index (χ2n) is 6.21. The summed E-state index contributed by atoms with van der Waals surface area (Å²) in [5, 5.41) is 9.44. The van der Waals surface area contributed by atoms with Gasteiger partial charge in [0.25, 0.3) is 0 Å². The van der Waals surface area contributed by atoms with Crippen LogP contribution in [0.4, 0.5) is 0 Å². The highest BCUT2D eigenvalue weighted by Crippen LogP contribution is 2.42. The highest BCUT2D eigenvalue weighted by atomic mass is 16.4. The Bertz CT molecular complexity index is 485. The van der Waals surface area contributed by atoms with Gasteiger partial charge in [0.15, 0.2) is 0 Å². The maximum atomic E-state index is 11.5. The predicted molar refractivity (Wildman–Crippen MR) is 68.6 cm³/mol. The zero-order valence-corrected chi connectivity index (χ0v) is 11.4. The Morgan fingerprint density at radius 2 is 1.94 bits per heavy atom. The Labute approximate surface area is 107 Å². The lowest BCUT2D eigenvalue weighted by atomic mass is 9.68. The van der Waals surface area contributed by atoms with Gasteiger partial charge in [-0.25, -0.2) is 9.97 Å². The third-order valence-electron chi connectivity index (χ3n) is 3.67. The van der Waals surface area contributed by atoms with E-state index in [2.05, 4.69) is 30.7 Å². The number of aromatic nitrogens is 2. The van der Waals surface area contributed by atoms with Crippen molar-refractivity contribution in [3.05, 3.63) is 23.3 Å². The van der Waals surface area contributed by atoms with Crippen molar-refractivity contribution in [3.63, 3.8) is 0 Å². The number of aryl methyl sites for hydroxylation is 1. The van der Waals surface area contributed by atoms with E-state index in [0.717, 1.165) is 17.8 Å². The highest BCUT2D eigenvalue weighted by Gasteiger charge is 2.49. The molecule has 18 heavy (non-hydrogen) atoms. The molecule has 0 spiro atoms. The quantitative estimate of drug-likeness (QED) is 0.873. The molecule has 98 valence electrons. The molecule has 1 N–H and O–H groups in total. The molecular weight excluding hydrogens is 228 g/mol. The fourth-order valence-corrected chi connectivity index (χ4v) is 2.23. The number of rotatable bonds is 2. The van der Waals surface area contributed by atoms with E-state index in [-0.39, 0.29) is 5.41 Å². The Kier molecular flexibility index (Phi) is 2.92. The Morgan fingerprint density at radius 3 is 2.33 bits per heavy atom. The highest BCUT2D eigenvalue weighted by molar-refractivity contribution is 5.81. The van der Waals surface area contributed by atoms with Crippen LogP contribution in [0.15, 0.2) is 6.07 Å². The molecule has 1 aliphatic carbocycles. The molecule has 1 fully saturated rings. The largest absolute Gasteiger partial charge is 0.480 e. The molecule has 0 bridgehead atoms. The van der Waals surface area contributed by atoms with Crippen molar-refractivity contribution in [3.8, 4) is 0 Å². The first kappa shape index (κ1) is 13.0. The molecule has 1 aromatic heterocycles. The van der Waals surface area contributed by atoms with Gasteiger partial charge in [0.1, 0.15) is 11.2 Å². The summed E-state index contributed by atoms with van der Waals surface area (Å²) in [6.45, 7) is 8.13. The lowest BCUT2D eigenvalue weighted by Gasteiger charge is -2.36. The summed E-state index contributed by atoms with van der Waals surface area (Å²) in [5.41, 5.74) is 0.827. The van der Waals surface area contributed by atoms with Crippen molar-refractivity contribution >= 4 is 5.97 Å². The fourth-order valence-electron chi connectivity index (χ4n) is 2.23. The van der Waals surface area contributed by atoms with Crippen LogP contribution in [0.2, 0.25) is 0 Å². The molecule has 0 amide bonds. The summed E-state index contributed by atoms with van der Waals surface area (Å²) >= 11 is 0. The molecule has 1 aliphatic rings. The van der Waals surface area contributed by atoms with Crippen LogP contribution in [0.1, 0.15) is 57.2 Å². The summed E-state index contributed by atoms with van der Waals surface area (Å²) in [7, 11) is 0. The van der Waals surface area contributed by atoms with Crippen molar-refractivity contribution < 1.29 is 9.90 Å². The molecule has 0 aliphatic heterocycles. The molecular formula is C14H20N2O2. The predicted octanol–water partition coefficient (Wildman–Crippen LogP) is 2.59. The van der Waals surface area contributed by atoms with Gasteiger partial charge < -0.3 is 5.11 Å². The first-order valence-corrected chi connectivity index (χ1v) is 6.36. The zero-order chi connectivity index (χ0) is 13.6. The van der Waals surface area contributed by atoms with E-state index in [4.69, 9.17) is 0 Å². The normalized spacial score (nSPS) is 18.2. The maximum absolute atomic E-state index is 11.5. The topological polar surface area (TPSA) is 63.1 Å². The van der Waals surface area contributed by atoms with E-state index in [9.17, 15) is 9.90 Å². The number of aliphatic carboxylic acids is 1. The number of carboxylic acids is 1. The number of carboxylic acid groups (broad SMARTS) is 1. The van der Waals surface area contributed by atoms with E-state index in [1.807, 2.05) is 13.0 Å². The molecule has 0 unspecified atom stereocenters. The van der Waals surface area contributed by atoms with Crippen molar-refractivity contribution in [2.24, 2.45) is 0 Å². The summed E-state index contributed by atoms with van der Waals surface area (Å²) < 4.78 is 0. The minimum atomic E-state index is -0.841. The van der Waals surface area contributed by atoms with Gasteiger partial charge in [-0.15, -0.1) is 0 Å². The minimum absolute atomic E-state index is 0.0914. The van der Waals surface area contributed by atoms with E-state index in [1.54, 1.807) is 0 Å². The fraction of sp³-hybridized carbons (Fsp3) is 0.643. The van der Waals surface area contributed by atoms with Crippen molar-refractivity contribution in [2.45, 2.75) is 57.8 Å². The van der Waals surface area contributed by atoms with E-state index in [0.29, 0.717) is 18.7 Å². The van der Waals surface area contributed by atoms with E-state index >= 15 is 0 Å². The molecule has 0 saturated heterocycles. The monoisotopic (exact) mass is 248 g/mol. The average molecular weight is 248 g/mol. The Morgan fingerprint density at radius 1 is 1.33 bits per heavy atom. The Hall–Kier alpha value is -1.45. The third kappa shape index (κ3) is 2.00. The van der Waals surface area contributed by atoms with Gasteiger partial charge in [0.2, 0.25) is 0 Å². The summed E-state index contributed by atoms with van der Waals surface area (Å²) in [5.74, 6) is -0.301. The second-order valence-corrected chi connectivity index (χ2v) is 6.21. The SMILES string of the molecule is Cc1cc(C(C)(C)C)nc(C2(C(=O)O)CCC2)n1. The van der Waals surface area contributed by atoms with Crippen LogP contribution < -0.4 is 0 Å². The van der Waals surface area contributed by atoms with Crippen molar-refractivity contribution in [1.29, 1.82) is 0 Å². The summed E-state index contributed by atoms with van der Waals surface area (Å²) in [6, 6.07) is 1.94. The van der Waals surface area contributed by atoms with Gasteiger partial charge in [-0.05, 0) is 25.8 Å². The van der Waals surface area contributed by atoms with Crippen LogP contribution >= 0.6 is 0 Å². The average Bonchev–Trinajstić information content (AvgIpc) is 2.12. The van der Waals surface area contributed by atoms with E-state index in [1.165, 1.54) is 0 Å². The Balaban J connectivity index is 2.52. The maximum Gasteiger partial charge on any atom is 0.317 e. The lowest BCUT2D eigenvalue weighted by Crippen LogP contribution is -2.44. The third-order valence-corrected chi connectivity index (χ3v) is 3.67. The molecule has 0 aromatic carbocycles. The molecule has 2 rings (SSSR count). The van der Waals surface area contributed by atoms with Gasteiger partial charge >= 0.3 is 5.97 Å². The van der Waals surface area contributed by atoms with Crippen LogP contribution in [0.5, 0.6) is 0 Å². The van der Waals surface area contributed by atoms with Crippen LogP contribution in [-0.2, 0) is 15.6 Å². The number of carbonyl (C=O) groups is 1. The standard InChI is InChI=1S/C14H20N2O2/c1-9-8-10(13(2,3)4)16-11(15-9)14(12(17)18)6-5-7-14/h8H,5-7H2,1-4H3,(H,17,18). The van der Waals surface area contributed by atoms with Gasteiger partial charge in [-0.3, -0.25) is 4.79 Å². The summed E-state index contributed by atoms with van der Waals surface area (Å²) in [6.07, 6.45) is 2.24. The number of hydrogen-bond acceptors (Lipinski definition) is 3. The lowest BCUT2D eigenvalue weighted by molar-refractivity contribution is -0.147. The number of hydrogen-bond donors (Lipinski definition) is 1. The van der Waals surface area contributed by atoms with Crippen LogP contribution in [0.25, 0.3) is 0 Å². The molecule has 4 heteroatoms. The molecule has 1 saturated carbocycles. The van der Waals surface area contributed by atoms with Gasteiger partial charge in [-0.1, -0.05) is 27.2 Å². The van der Waals surface area contributed by atoms with E-state index < -0.39 is 11.4 Å². The van der Waals surface area contributed by atoms with Crippen molar-refractivity contribution in [2.75, 3.05) is 0 Å². The summed E-state index contributed by atoms with van der Waals surface area (Å²) in [4.78, 5) is 20.4. The van der Waals surface area contributed by atoms with Crippen LogP contribution in [-0.4, -0.2) is 21.0 Å². The zero-order valence-electron chi connectivity index (χ0n) is 11.4. The molecule has 1 heterocycles. The second kappa shape index (κ2) is 4.04. The smallest absolute Gasteiger partial charge is 0.317 e. The first-order valence-electron chi connectivity index (χ1n) is 6.36. The van der Waals surface area contributed by atoms with Crippen molar-refractivity contribution in [1.82, 2.24) is 9.97 Å². The van der Waals surface area contributed by atoms with Gasteiger partial charge in [-0.2, -0.15) is 0 Å². The van der Waals surface area contributed by atoms with Gasteiger partial charge in [0, 0.05) is 16.8 Å². The van der Waals surface area contributed by atoms with Gasteiger partial charge in [0.05, 0.1) is 0 Å². The minimum Gasteiger partial charge on any atom is -0.480 e.